The summed E-state index contributed by atoms with van der Waals surface area (Å²) >= 11 is 1.46. The third-order valence-electron chi connectivity index (χ3n) is 4.61. The van der Waals surface area contributed by atoms with Crippen molar-refractivity contribution in [3.8, 4) is 6.07 Å². The molecule has 0 aliphatic carbocycles. The number of rotatable bonds is 5. The minimum atomic E-state index is -0.0288. The first-order valence-corrected chi connectivity index (χ1v) is 9.66. The van der Waals surface area contributed by atoms with E-state index in [0.717, 1.165) is 4.88 Å². The molecule has 0 saturated carbocycles. The number of ketones is 1. The molecule has 0 bridgehead atoms. The van der Waals surface area contributed by atoms with Gasteiger partial charge < -0.3 is 9.80 Å². The molecule has 1 fully saturated rings. The highest BCUT2D eigenvalue weighted by Gasteiger charge is 2.29. The quantitative estimate of drug-likeness (QED) is 0.737. The fraction of sp³-hybridized carbons (Fsp3) is 0.421. The number of nitriles is 1. The van der Waals surface area contributed by atoms with E-state index in [-0.39, 0.29) is 30.6 Å². The lowest BCUT2D eigenvalue weighted by atomic mass is 10.1. The molecule has 2 aromatic heterocycles. The van der Waals surface area contributed by atoms with Gasteiger partial charge in [0.15, 0.2) is 17.3 Å². The fourth-order valence-corrected chi connectivity index (χ4v) is 4.07. The number of nitrogens with zero attached hydrogens (tertiary/aromatic N) is 5. The molecule has 3 rings (SSSR count). The van der Waals surface area contributed by atoms with Gasteiger partial charge in [-0.05, 0) is 26.0 Å². The smallest absolute Gasteiger partial charge is 0.223 e. The van der Waals surface area contributed by atoms with Crippen LogP contribution in [0.5, 0.6) is 0 Å². The number of carbonyl (C=O) groups is 2. The van der Waals surface area contributed by atoms with Crippen LogP contribution in [0.15, 0.2) is 24.5 Å². The van der Waals surface area contributed by atoms with Crippen molar-refractivity contribution in [2.45, 2.75) is 32.7 Å². The van der Waals surface area contributed by atoms with Gasteiger partial charge in [-0.3, -0.25) is 9.59 Å². The van der Waals surface area contributed by atoms with E-state index in [1.54, 1.807) is 6.20 Å². The summed E-state index contributed by atoms with van der Waals surface area (Å²) in [5.74, 6) is 0.566. The Bertz CT molecular complexity index is 888. The van der Waals surface area contributed by atoms with Crippen molar-refractivity contribution >= 4 is 28.8 Å². The Balaban J connectivity index is 1.57. The maximum atomic E-state index is 12.6. The number of hydrogen-bond donors (Lipinski definition) is 0. The summed E-state index contributed by atoms with van der Waals surface area (Å²) in [6.45, 7) is 5.63. The van der Waals surface area contributed by atoms with E-state index in [9.17, 15) is 14.9 Å². The van der Waals surface area contributed by atoms with E-state index in [1.807, 2.05) is 35.8 Å². The maximum Gasteiger partial charge on any atom is 0.223 e. The Morgan fingerprint density at radius 1 is 1.26 bits per heavy atom. The first-order chi connectivity index (χ1) is 13.0. The summed E-state index contributed by atoms with van der Waals surface area (Å²) in [6.07, 6.45) is 3.51. The van der Waals surface area contributed by atoms with Crippen LogP contribution >= 0.6 is 11.3 Å². The summed E-state index contributed by atoms with van der Waals surface area (Å²) < 4.78 is 0. The molecule has 1 amide bonds. The molecule has 0 radical (unpaired) electrons. The minimum Gasteiger partial charge on any atom is -0.350 e. The number of hydrogen-bond acceptors (Lipinski definition) is 7. The first kappa shape index (κ1) is 19.0. The Labute approximate surface area is 162 Å². The Hall–Kier alpha value is -2.79. The summed E-state index contributed by atoms with van der Waals surface area (Å²) in [6, 6.07) is 5.77. The topological polar surface area (TPSA) is 90.2 Å². The van der Waals surface area contributed by atoms with Gasteiger partial charge in [0.1, 0.15) is 6.07 Å². The van der Waals surface area contributed by atoms with Gasteiger partial charge in [0.05, 0.1) is 4.88 Å². The number of amides is 1. The van der Waals surface area contributed by atoms with Gasteiger partial charge in [-0.1, -0.05) is 0 Å². The van der Waals surface area contributed by atoms with Crippen molar-refractivity contribution in [3.05, 3.63) is 40.0 Å². The molecule has 0 N–H and O–H groups in total. The lowest BCUT2D eigenvalue weighted by molar-refractivity contribution is -0.133. The molecule has 1 saturated heterocycles. The lowest BCUT2D eigenvalue weighted by Crippen LogP contribution is -2.54. The van der Waals surface area contributed by atoms with Crippen LogP contribution in [-0.4, -0.2) is 52.2 Å². The zero-order valence-corrected chi connectivity index (χ0v) is 16.2. The molecular formula is C19H21N5O2S. The van der Waals surface area contributed by atoms with Crippen LogP contribution in [-0.2, 0) is 4.79 Å². The monoisotopic (exact) mass is 383 g/mol. The van der Waals surface area contributed by atoms with Crippen molar-refractivity contribution in [2.24, 2.45) is 0 Å². The van der Waals surface area contributed by atoms with Crippen LogP contribution in [0.1, 0.15) is 40.0 Å². The summed E-state index contributed by atoms with van der Waals surface area (Å²) in [4.78, 5) is 38.7. The van der Waals surface area contributed by atoms with E-state index < -0.39 is 0 Å². The van der Waals surface area contributed by atoms with Gasteiger partial charge in [-0.25, -0.2) is 9.97 Å². The van der Waals surface area contributed by atoms with Gasteiger partial charge in [0.2, 0.25) is 5.91 Å². The highest BCUT2D eigenvalue weighted by molar-refractivity contribution is 7.14. The van der Waals surface area contributed by atoms with Crippen molar-refractivity contribution < 1.29 is 9.59 Å². The Kier molecular flexibility index (Phi) is 5.81. The van der Waals surface area contributed by atoms with Crippen LogP contribution in [0.3, 0.4) is 0 Å². The third kappa shape index (κ3) is 4.31. The Morgan fingerprint density at radius 3 is 2.70 bits per heavy atom. The highest BCUT2D eigenvalue weighted by Crippen LogP contribution is 2.21. The molecule has 1 atom stereocenters. The number of aryl methyl sites for hydroxylation is 1. The molecule has 1 aliphatic rings. The molecule has 0 aromatic carbocycles. The molecule has 0 spiro atoms. The molecular weight excluding hydrogens is 362 g/mol. The minimum absolute atomic E-state index is 0.0107. The number of piperazine rings is 1. The van der Waals surface area contributed by atoms with Crippen molar-refractivity contribution in [1.82, 2.24) is 14.9 Å². The van der Waals surface area contributed by atoms with Gasteiger partial charge in [0.25, 0.3) is 0 Å². The predicted octanol–water partition coefficient (Wildman–Crippen LogP) is 2.42. The van der Waals surface area contributed by atoms with Crippen LogP contribution < -0.4 is 4.90 Å². The summed E-state index contributed by atoms with van der Waals surface area (Å²) in [5, 5.41) is 9.20. The third-order valence-corrected chi connectivity index (χ3v) is 5.66. The van der Waals surface area contributed by atoms with E-state index in [2.05, 4.69) is 16.0 Å². The average Bonchev–Trinajstić information content (AvgIpc) is 3.12. The highest BCUT2D eigenvalue weighted by atomic mass is 32.1. The van der Waals surface area contributed by atoms with E-state index in [0.29, 0.717) is 36.0 Å². The second-order valence-electron chi connectivity index (χ2n) is 6.56. The van der Waals surface area contributed by atoms with Gasteiger partial charge >= 0.3 is 0 Å². The average molecular weight is 383 g/mol. The molecule has 27 heavy (non-hydrogen) atoms. The number of aromatic nitrogens is 2. The van der Waals surface area contributed by atoms with Crippen molar-refractivity contribution in [2.75, 3.05) is 24.5 Å². The molecule has 8 heteroatoms. The number of Topliss-reactive ketones (excluding diaryl/α,β-unsaturated/α-hetero) is 1. The van der Waals surface area contributed by atoms with Crippen LogP contribution in [0.4, 0.5) is 5.82 Å². The SMILES string of the molecule is Cc1ccc(C(=O)CCC(=O)N2CCN(c3nccnc3C#N)C[C@H]2C)s1. The Morgan fingerprint density at radius 2 is 2.04 bits per heavy atom. The standard InChI is InChI=1S/C19H21N5O2S/c1-13-12-23(19-15(11-20)21-7-8-22-19)9-10-24(13)18(26)6-4-16(25)17-5-3-14(2)27-17/h3,5,7-8,13H,4,6,9-10,12H2,1-2H3/t13-/m1/s1. The second kappa shape index (κ2) is 8.27. The lowest BCUT2D eigenvalue weighted by Gasteiger charge is -2.40. The van der Waals surface area contributed by atoms with E-state index in [4.69, 9.17) is 0 Å². The van der Waals surface area contributed by atoms with Gasteiger partial charge in [0, 0.05) is 55.8 Å². The van der Waals surface area contributed by atoms with Crippen LogP contribution in [0, 0.1) is 18.3 Å². The largest absolute Gasteiger partial charge is 0.350 e. The molecule has 2 aromatic rings. The first-order valence-electron chi connectivity index (χ1n) is 8.84. The molecule has 7 nitrogen and oxygen atoms in total. The molecule has 3 heterocycles. The van der Waals surface area contributed by atoms with E-state index >= 15 is 0 Å². The predicted molar refractivity (Wildman–Crippen MR) is 103 cm³/mol. The van der Waals surface area contributed by atoms with Crippen LogP contribution in [0.25, 0.3) is 0 Å². The molecule has 1 aliphatic heterocycles. The second-order valence-corrected chi connectivity index (χ2v) is 7.84. The number of anilines is 1. The van der Waals surface area contributed by atoms with Gasteiger partial charge in [-0.2, -0.15) is 5.26 Å². The zero-order valence-electron chi connectivity index (χ0n) is 15.4. The van der Waals surface area contributed by atoms with Crippen molar-refractivity contribution in [3.63, 3.8) is 0 Å². The summed E-state index contributed by atoms with van der Waals surface area (Å²) in [5.41, 5.74) is 0.293. The molecule has 0 unspecified atom stereocenters. The summed E-state index contributed by atoms with van der Waals surface area (Å²) in [7, 11) is 0. The van der Waals surface area contributed by atoms with Gasteiger partial charge in [-0.15, -0.1) is 11.3 Å². The molecule has 140 valence electrons. The zero-order chi connectivity index (χ0) is 19.4. The van der Waals surface area contributed by atoms with Crippen LogP contribution in [0.2, 0.25) is 0 Å². The normalized spacial score (nSPS) is 16.9. The number of carbonyl (C=O) groups excluding carboxylic acids is 2. The van der Waals surface area contributed by atoms with Crippen molar-refractivity contribution in [1.29, 1.82) is 5.26 Å². The maximum absolute atomic E-state index is 12.6. The fourth-order valence-electron chi connectivity index (χ4n) is 3.23. The van der Waals surface area contributed by atoms with E-state index in [1.165, 1.54) is 17.5 Å². The number of thiophene rings is 1.